The van der Waals surface area contributed by atoms with Gasteiger partial charge in [0.2, 0.25) is 0 Å². The Balaban J connectivity index is 2.47. The summed E-state index contributed by atoms with van der Waals surface area (Å²) in [5.41, 5.74) is 2.48. The Morgan fingerprint density at radius 3 is 2.76 bits per heavy atom. The Morgan fingerprint density at radius 2 is 2.24 bits per heavy atom. The summed E-state index contributed by atoms with van der Waals surface area (Å²) in [6, 6.07) is 7.91. The molecule has 0 atom stereocenters. The van der Waals surface area contributed by atoms with Crippen LogP contribution in [0.5, 0.6) is 5.75 Å². The largest absolute Gasteiger partial charge is 0.496 e. The Labute approximate surface area is 112 Å². The van der Waals surface area contributed by atoms with E-state index in [9.17, 15) is 0 Å². The lowest BCUT2D eigenvalue weighted by molar-refractivity contribution is 0.412. The molecule has 1 aromatic carbocycles. The molecule has 0 bridgehead atoms. The molecule has 0 saturated carbocycles. The minimum absolute atomic E-state index is 0.429. The van der Waals surface area contributed by atoms with Crippen LogP contribution in [0.15, 0.2) is 22.0 Å². The van der Waals surface area contributed by atoms with E-state index >= 15 is 0 Å². The van der Waals surface area contributed by atoms with E-state index in [1.54, 1.807) is 7.11 Å². The number of halogens is 1. The van der Waals surface area contributed by atoms with E-state index in [1.165, 1.54) is 11.3 Å². The third-order valence-corrected chi connectivity index (χ3v) is 4.09. The third-order valence-electron chi connectivity index (χ3n) is 2.33. The average molecular weight is 309 g/mol. The van der Waals surface area contributed by atoms with Gasteiger partial charge in [-0.15, -0.1) is 11.3 Å². The molecule has 1 heterocycles. The lowest BCUT2D eigenvalue weighted by atomic mass is 10.1. The van der Waals surface area contributed by atoms with Crippen molar-refractivity contribution < 1.29 is 4.74 Å². The molecule has 0 unspecified atom stereocenters. The summed E-state index contributed by atoms with van der Waals surface area (Å²) in [6.07, 6.45) is 0. The first-order valence-electron chi connectivity index (χ1n) is 4.87. The zero-order valence-corrected chi connectivity index (χ0v) is 11.7. The molecule has 2 aromatic rings. The summed E-state index contributed by atoms with van der Waals surface area (Å²) in [5.74, 6) is 0.852. The number of hydrogen-bond donors (Lipinski definition) is 0. The molecule has 2 rings (SSSR count). The first kappa shape index (κ1) is 12.1. The second kappa shape index (κ2) is 4.86. The Bertz CT molecular complexity index is 601. The fraction of sp³-hybridized carbons (Fsp3) is 0.167. The number of rotatable bonds is 2. The zero-order valence-electron chi connectivity index (χ0n) is 9.32. The lowest BCUT2D eigenvalue weighted by Crippen LogP contribution is -1.87. The van der Waals surface area contributed by atoms with Crippen molar-refractivity contribution >= 4 is 27.3 Å². The smallest absolute Gasteiger partial charge is 0.166 e. The number of hydrogen-bond acceptors (Lipinski definition) is 4. The summed E-state index contributed by atoms with van der Waals surface area (Å²) in [4.78, 5) is 4.26. The van der Waals surface area contributed by atoms with Crippen molar-refractivity contribution in [1.29, 1.82) is 5.26 Å². The van der Waals surface area contributed by atoms with Crippen LogP contribution in [0.2, 0.25) is 0 Å². The van der Waals surface area contributed by atoms with Crippen molar-refractivity contribution in [1.82, 2.24) is 4.98 Å². The number of aryl methyl sites for hydroxylation is 1. The number of benzene rings is 1. The second-order valence-corrected chi connectivity index (χ2v) is 5.75. The number of nitriles is 1. The molecule has 0 aliphatic heterocycles. The summed E-state index contributed by atoms with van der Waals surface area (Å²) < 4.78 is 5.97. The van der Waals surface area contributed by atoms with Gasteiger partial charge in [0.15, 0.2) is 5.69 Å². The SMILES string of the molecule is COc1ccc(-c2nc(C#N)c(Br)s2)cc1C. The topological polar surface area (TPSA) is 45.9 Å². The van der Waals surface area contributed by atoms with Gasteiger partial charge >= 0.3 is 0 Å². The molecule has 86 valence electrons. The van der Waals surface area contributed by atoms with E-state index in [0.717, 1.165) is 25.7 Å². The van der Waals surface area contributed by atoms with Crippen LogP contribution in [0.3, 0.4) is 0 Å². The van der Waals surface area contributed by atoms with Crippen LogP contribution in [0.4, 0.5) is 0 Å². The van der Waals surface area contributed by atoms with E-state index in [-0.39, 0.29) is 0 Å². The minimum atomic E-state index is 0.429. The predicted molar refractivity (Wildman–Crippen MR) is 71.3 cm³/mol. The number of nitrogens with zero attached hydrogens (tertiary/aromatic N) is 2. The standard InChI is InChI=1S/C12H9BrN2OS/c1-7-5-8(3-4-10(7)16-2)12-15-9(6-14)11(13)17-12/h3-5H,1-2H3. The maximum atomic E-state index is 8.86. The predicted octanol–water partition coefficient (Wildman–Crippen LogP) is 3.76. The molecule has 0 radical (unpaired) electrons. The highest BCUT2D eigenvalue weighted by atomic mass is 79.9. The van der Waals surface area contributed by atoms with Gasteiger partial charge in [0.1, 0.15) is 20.6 Å². The van der Waals surface area contributed by atoms with Crippen LogP contribution < -0.4 is 4.74 Å². The normalized spacial score (nSPS) is 10.0. The highest BCUT2D eigenvalue weighted by Gasteiger charge is 2.11. The molecule has 5 heteroatoms. The van der Waals surface area contributed by atoms with Crippen molar-refractivity contribution in [2.45, 2.75) is 6.92 Å². The van der Waals surface area contributed by atoms with E-state index in [0.29, 0.717) is 5.69 Å². The van der Waals surface area contributed by atoms with Crippen LogP contribution in [-0.2, 0) is 0 Å². The maximum Gasteiger partial charge on any atom is 0.166 e. The molecule has 0 amide bonds. The molecular formula is C12H9BrN2OS. The van der Waals surface area contributed by atoms with Gasteiger partial charge in [-0.1, -0.05) is 0 Å². The van der Waals surface area contributed by atoms with Gasteiger partial charge in [-0.3, -0.25) is 0 Å². The average Bonchev–Trinajstić information content (AvgIpc) is 2.70. The highest BCUT2D eigenvalue weighted by molar-refractivity contribution is 9.11. The minimum Gasteiger partial charge on any atom is -0.496 e. The van der Waals surface area contributed by atoms with Crippen molar-refractivity contribution in [2.24, 2.45) is 0 Å². The maximum absolute atomic E-state index is 8.86. The summed E-state index contributed by atoms with van der Waals surface area (Å²) >= 11 is 4.79. The van der Waals surface area contributed by atoms with Gasteiger partial charge in [0, 0.05) is 5.56 Å². The second-order valence-electron chi connectivity index (χ2n) is 3.44. The molecular weight excluding hydrogens is 300 g/mol. The number of methoxy groups -OCH3 is 1. The van der Waals surface area contributed by atoms with Crippen LogP contribution in [-0.4, -0.2) is 12.1 Å². The summed E-state index contributed by atoms with van der Waals surface area (Å²) in [7, 11) is 1.65. The van der Waals surface area contributed by atoms with Crippen LogP contribution >= 0.6 is 27.3 Å². The monoisotopic (exact) mass is 308 g/mol. The third kappa shape index (κ3) is 2.33. The molecule has 0 N–H and O–H groups in total. The molecule has 1 aromatic heterocycles. The fourth-order valence-corrected chi connectivity index (χ4v) is 2.88. The van der Waals surface area contributed by atoms with Gasteiger partial charge in [0.05, 0.1) is 7.11 Å². The van der Waals surface area contributed by atoms with Crippen molar-refractivity contribution in [2.75, 3.05) is 7.11 Å². The molecule has 0 spiro atoms. The molecule has 3 nitrogen and oxygen atoms in total. The zero-order chi connectivity index (χ0) is 12.4. The Kier molecular flexibility index (Phi) is 3.46. The van der Waals surface area contributed by atoms with Gasteiger partial charge in [0.25, 0.3) is 0 Å². The number of ether oxygens (including phenoxy) is 1. The van der Waals surface area contributed by atoms with Crippen molar-refractivity contribution in [3.63, 3.8) is 0 Å². The molecule has 0 saturated heterocycles. The Morgan fingerprint density at radius 1 is 1.47 bits per heavy atom. The Hall–Kier alpha value is -1.38. The summed E-state index contributed by atoms with van der Waals surface area (Å²) in [6.45, 7) is 1.98. The quantitative estimate of drug-likeness (QED) is 0.848. The van der Waals surface area contributed by atoms with Crippen molar-refractivity contribution in [3.05, 3.63) is 33.2 Å². The first-order chi connectivity index (χ1) is 8.15. The van der Waals surface area contributed by atoms with Crippen LogP contribution in [0, 0.1) is 18.3 Å². The lowest BCUT2D eigenvalue weighted by Gasteiger charge is -2.05. The van der Waals surface area contributed by atoms with E-state index in [4.69, 9.17) is 10.00 Å². The fourth-order valence-electron chi connectivity index (χ4n) is 1.51. The highest BCUT2D eigenvalue weighted by Crippen LogP contribution is 2.33. The van der Waals surface area contributed by atoms with Gasteiger partial charge in [-0.2, -0.15) is 5.26 Å². The van der Waals surface area contributed by atoms with Crippen LogP contribution in [0.1, 0.15) is 11.3 Å². The number of thiazole rings is 1. The van der Waals surface area contributed by atoms with Gasteiger partial charge in [-0.05, 0) is 46.6 Å². The van der Waals surface area contributed by atoms with Crippen LogP contribution in [0.25, 0.3) is 10.6 Å². The van der Waals surface area contributed by atoms with Gasteiger partial charge in [-0.25, -0.2) is 4.98 Å². The molecule has 0 aliphatic carbocycles. The molecule has 0 aliphatic rings. The number of aromatic nitrogens is 1. The van der Waals surface area contributed by atoms with E-state index < -0.39 is 0 Å². The van der Waals surface area contributed by atoms with Crippen molar-refractivity contribution in [3.8, 4) is 22.4 Å². The first-order valence-corrected chi connectivity index (χ1v) is 6.48. The molecule has 0 fully saturated rings. The van der Waals surface area contributed by atoms with E-state index in [2.05, 4.69) is 27.0 Å². The van der Waals surface area contributed by atoms with E-state index in [1.807, 2.05) is 25.1 Å². The molecule has 17 heavy (non-hydrogen) atoms. The summed E-state index contributed by atoms with van der Waals surface area (Å²) in [5, 5.41) is 9.69. The van der Waals surface area contributed by atoms with Gasteiger partial charge < -0.3 is 4.74 Å².